The molecule has 0 unspecified atom stereocenters. The van der Waals surface area contributed by atoms with Gasteiger partial charge in [0.2, 0.25) is 0 Å². The van der Waals surface area contributed by atoms with Crippen LogP contribution >= 0.6 is 0 Å². The Morgan fingerprint density at radius 3 is 2.43 bits per heavy atom. The molecule has 2 aromatic rings. The number of aliphatic imine (C=N–C) groups is 1. The van der Waals surface area contributed by atoms with Gasteiger partial charge in [-0.2, -0.15) is 0 Å². The molecule has 0 aliphatic rings. The summed E-state index contributed by atoms with van der Waals surface area (Å²) in [6.45, 7) is 3.79. The summed E-state index contributed by atoms with van der Waals surface area (Å²) in [4.78, 5) is 4.19. The van der Waals surface area contributed by atoms with Gasteiger partial charge in [0.05, 0.1) is 6.61 Å². The summed E-state index contributed by atoms with van der Waals surface area (Å²) in [6, 6.07) is 14.3. The number of nitrogens with one attached hydrogen (secondary N) is 2. The third-order valence-electron chi connectivity index (χ3n) is 3.32. The average molecular weight is 315 g/mol. The van der Waals surface area contributed by atoms with Crippen molar-refractivity contribution in [2.75, 3.05) is 13.7 Å². The summed E-state index contributed by atoms with van der Waals surface area (Å²) >= 11 is 0. The van der Waals surface area contributed by atoms with E-state index in [2.05, 4.69) is 15.6 Å². The van der Waals surface area contributed by atoms with Crippen molar-refractivity contribution in [2.24, 2.45) is 4.99 Å². The SMILES string of the molecule is CCOc1ccccc1CNC(=NC)NCc1ccc(F)cc1. The van der Waals surface area contributed by atoms with E-state index >= 15 is 0 Å². The van der Waals surface area contributed by atoms with Crippen LogP contribution in [0.1, 0.15) is 18.1 Å². The van der Waals surface area contributed by atoms with Crippen LogP contribution in [0.15, 0.2) is 53.5 Å². The highest BCUT2D eigenvalue weighted by Crippen LogP contribution is 2.17. The quantitative estimate of drug-likeness (QED) is 0.636. The summed E-state index contributed by atoms with van der Waals surface area (Å²) in [7, 11) is 1.72. The lowest BCUT2D eigenvalue weighted by Gasteiger charge is -2.14. The number of halogens is 1. The lowest BCUT2D eigenvalue weighted by Crippen LogP contribution is -2.36. The summed E-state index contributed by atoms with van der Waals surface area (Å²) in [6.07, 6.45) is 0. The van der Waals surface area contributed by atoms with Crippen LogP contribution in [0.3, 0.4) is 0 Å². The van der Waals surface area contributed by atoms with Crippen molar-refractivity contribution in [3.8, 4) is 5.75 Å². The fourth-order valence-corrected chi connectivity index (χ4v) is 2.13. The van der Waals surface area contributed by atoms with Gasteiger partial charge in [-0.25, -0.2) is 4.39 Å². The van der Waals surface area contributed by atoms with Crippen molar-refractivity contribution >= 4 is 5.96 Å². The molecule has 0 heterocycles. The van der Waals surface area contributed by atoms with E-state index in [1.807, 2.05) is 31.2 Å². The van der Waals surface area contributed by atoms with Gasteiger partial charge < -0.3 is 15.4 Å². The summed E-state index contributed by atoms with van der Waals surface area (Å²) < 4.78 is 18.5. The Balaban J connectivity index is 1.89. The third-order valence-corrected chi connectivity index (χ3v) is 3.32. The summed E-state index contributed by atoms with van der Waals surface area (Å²) in [5, 5.41) is 6.45. The van der Waals surface area contributed by atoms with Crippen LogP contribution in [0.5, 0.6) is 5.75 Å². The van der Waals surface area contributed by atoms with Crippen LogP contribution in [0.4, 0.5) is 4.39 Å². The van der Waals surface area contributed by atoms with E-state index in [-0.39, 0.29) is 5.82 Å². The summed E-state index contributed by atoms with van der Waals surface area (Å²) in [5.41, 5.74) is 2.06. The van der Waals surface area contributed by atoms with Gasteiger partial charge in [0, 0.05) is 25.7 Å². The van der Waals surface area contributed by atoms with Gasteiger partial charge in [-0.15, -0.1) is 0 Å². The molecule has 2 N–H and O–H groups in total. The van der Waals surface area contributed by atoms with E-state index < -0.39 is 0 Å². The fourth-order valence-electron chi connectivity index (χ4n) is 2.13. The molecule has 4 nitrogen and oxygen atoms in total. The maximum absolute atomic E-state index is 12.9. The second-order valence-corrected chi connectivity index (χ2v) is 4.95. The Kier molecular flexibility index (Phi) is 6.41. The van der Waals surface area contributed by atoms with E-state index in [1.165, 1.54) is 12.1 Å². The highest BCUT2D eigenvalue weighted by atomic mass is 19.1. The van der Waals surface area contributed by atoms with Gasteiger partial charge in [-0.3, -0.25) is 4.99 Å². The first-order chi connectivity index (χ1) is 11.2. The monoisotopic (exact) mass is 315 g/mol. The van der Waals surface area contributed by atoms with Crippen molar-refractivity contribution < 1.29 is 9.13 Å². The lowest BCUT2D eigenvalue weighted by molar-refractivity contribution is 0.336. The molecule has 0 bridgehead atoms. The van der Waals surface area contributed by atoms with Crippen molar-refractivity contribution in [1.29, 1.82) is 0 Å². The normalized spacial score (nSPS) is 11.2. The minimum absolute atomic E-state index is 0.233. The minimum atomic E-state index is -0.233. The third kappa shape index (κ3) is 5.29. The van der Waals surface area contributed by atoms with Gasteiger partial charge in [0.1, 0.15) is 11.6 Å². The molecule has 0 spiro atoms. The minimum Gasteiger partial charge on any atom is -0.494 e. The fraction of sp³-hybridized carbons (Fsp3) is 0.278. The van der Waals surface area contributed by atoms with Crippen LogP contribution < -0.4 is 15.4 Å². The van der Waals surface area contributed by atoms with Crippen LogP contribution in [0.25, 0.3) is 0 Å². The molecule has 0 amide bonds. The van der Waals surface area contributed by atoms with Crippen LogP contribution in [0, 0.1) is 5.82 Å². The van der Waals surface area contributed by atoms with Gasteiger partial charge in [-0.05, 0) is 30.7 Å². The average Bonchev–Trinajstić information content (AvgIpc) is 2.58. The molecule has 0 saturated carbocycles. The molecule has 0 fully saturated rings. The molecule has 2 rings (SSSR count). The Hall–Kier alpha value is -2.56. The number of rotatable bonds is 6. The van der Waals surface area contributed by atoms with Crippen molar-refractivity contribution in [1.82, 2.24) is 10.6 Å². The number of hydrogen-bond acceptors (Lipinski definition) is 2. The molecule has 0 radical (unpaired) electrons. The molecule has 0 saturated heterocycles. The Labute approximate surface area is 136 Å². The second kappa shape index (κ2) is 8.78. The molecule has 5 heteroatoms. The number of nitrogens with zero attached hydrogens (tertiary/aromatic N) is 1. The van der Waals surface area contributed by atoms with Gasteiger partial charge in [-0.1, -0.05) is 30.3 Å². The Morgan fingerprint density at radius 2 is 1.74 bits per heavy atom. The maximum Gasteiger partial charge on any atom is 0.191 e. The molecule has 23 heavy (non-hydrogen) atoms. The Morgan fingerprint density at radius 1 is 1.04 bits per heavy atom. The standard InChI is InChI=1S/C18H22FN3O/c1-3-23-17-7-5-4-6-15(17)13-22-18(20-2)21-12-14-8-10-16(19)11-9-14/h4-11H,3,12-13H2,1-2H3,(H2,20,21,22). The number of benzene rings is 2. The largest absolute Gasteiger partial charge is 0.494 e. The van der Waals surface area contributed by atoms with Crippen molar-refractivity contribution in [3.63, 3.8) is 0 Å². The molecule has 0 atom stereocenters. The second-order valence-electron chi connectivity index (χ2n) is 4.95. The molecule has 0 aromatic heterocycles. The van der Waals surface area contributed by atoms with Crippen LogP contribution in [-0.2, 0) is 13.1 Å². The van der Waals surface area contributed by atoms with Gasteiger partial charge >= 0.3 is 0 Å². The molecule has 0 aliphatic carbocycles. The topological polar surface area (TPSA) is 45.6 Å². The van der Waals surface area contributed by atoms with E-state index in [9.17, 15) is 4.39 Å². The number of para-hydroxylation sites is 1. The molecule has 122 valence electrons. The smallest absolute Gasteiger partial charge is 0.191 e. The van der Waals surface area contributed by atoms with Gasteiger partial charge in [0.15, 0.2) is 5.96 Å². The van der Waals surface area contributed by atoms with E-state index in [4.69, 9.17) is 4.74 Å². The number of ether oxygens (including phenoxy) is 1. The van der Waals surface area contributed by atoms with Gasteiger partial charge in [0.25, 0.3) is 0 Å². The maximum atomic E-state index is 12.9. The molecular weight excluding hydrogens is 293 g/mol. The molecule has 2 aromatic carbocycles. The summed E-state index contributed by atoms with van der Waals surface area (Å²) in [5.74, 6) is 1.32. The van der Waals surface area contributed by atoms with E-state index in [0.29, 0.717) is 25.7 Å². The van der Waals surface area contributed by atoms with Crippen molar-refractivity contribution in [2.45, 2.75) is 20.0 Å². The lowest BCUT2D eigenvalue weighted by atomic mass is 10.2. The number of guanidine groups is 1. The van der Waals surface area contributed by atoms with Crippen LogP contribution in [0.2, 0.25) is 0 Å². The number of hydrogen-bond donors (Lipinski definition) is 2. The zero-order chi connectivity index (χ0) is 16.5. The first-order valence-electron chi connectivity index (χ1n) is 7.62. The van der Waals surface area contributed by atoms with E-state index in [1.54, 1.807) is 19.2 Å². The Bertz CT molecular complexity index is 641. The highest BCUT2D eigenvalue weighted by molar-refractivity contribution is 5.79. The van der Waals surface area contributed by atoms with Crippen molar-refractivity contribution in [3.05, 3.63) is 65.5 Å². The zero-order valence-corrected chi connectivity index (χ0v) is 13.5. The van der Waals surface area contributed by atoms with E-state index in [0.717, 1.165) is 16.9 Å². The first kappa shape index (κ1) is 16.8. The zero-order valence-electron chi connectivity index (χ0n) is 13.5. The predicted molar refractivity (Wildman–Crippen MR) is 91.0 cm³/mol. The van der Waals surface area contributed by atoms with Crippen LogP contribution in [-0.4, -0.2) is 19.6 Å². The molecule has 0 aliphatic heterocycles. The molecular formula is C18H22FN3O. The first-order valence-corrected chi connectivity index (χ1v) is 7.62. The highest BCUT2D eigenvalue weighted by Gasteiger charge is 2.04. The predicted octanol–water partition coefficient (Wildman–Crippen LogP) is 3.09.